The van der Waals surface area contributed by atoms with Crippen molar-refractivity contribution in [3.63, 3.8) is 0 Å². The molecule has 0 spiro atoms. The number of rotatable bonds is 2. The number of halogens is 1. The standard InChI is InChI=1S/C11H17BrN4/c1-8-3-2-4-16(10(8)5-13)11-9(12)6-14-7-15-11/h6-8,10H,2-5,13H2,1H3. The Labute approximate surface area is 104 Å². The Morgan fingerprint density at radius 3 is 3.12 bits per heavy atom. The first-order valence-electron chi connectivity index (χ1n) is 5.66. The van der Waals surface area contributed by atoms with Crippen LogP contribution in [0.25, 0.3) is 0 Å². The number of aromatic nitrogens is 2. The van der Waals surface area contributed by atoms with Crippen LogP contribution in [0.1, 0.15) is 19.8 Å². The average molecular weight is 285 g/mol. The molecule has 0 amide bonds. The SMILES string of the molecule is CC1CCCN(c2ncncc2Br)C1CN. The van der Waals surface area contributed by atoms with Gasteiger partial charge in [0.15, 0.2) is 0 Å². The van der Waals surface area contributed by atoms with Gasteiger partial charge in [0.1, 0.15) is 12.1 Å². The molecule has 0 aromatic carbocycles. The van der Waals surface area contributed by atoms with E-state index < -0.39 is 0 Å². The van der Waals surface area contributed by atoms with Gasteiger partial charge < -0.3 is 10.6 Å². The third-order valence-electron chi connectivity index (χ3n) is 3.28. The normalized spacial score (nSPS) is 25.8. The minimum Gasteiger partial charge on any atom is -0.351 e. The van der Waals surface area contributed by atoms with Crippen LogP contribution in [0, 0.1) is 5.92 Å². The van der Waals surface area contributed by atoms with Crippen molar-refractivity contribution in [2.24, 2.45) is 11.7 Å². The van der Waals surface area contributed by atoms with E-state index in [-0.39, 0.29) is 0 Å². The van der Waals surface area contributed by atoms with Gasteiger partial charge in [-0.25, -0.2) is 9.97 Å². The van der Waals surface area contributed by atoms with Crippen LogP contribution in [0.2, 0.25) is 0 Å². The zero-order valence-corrected chi connectivity index (χ0v) is 11.0. The van der Waals surface area contributed by atoms with E-state index in [4.69, 9.17) is 5.73 Å². The average Bonchev–Trinajstić information content (AvgIpc) is 2.29. The van der Waals surface area contributed by atoms with Gasteiger partial charge in [-0.05, 0) is 34.7 Å². The second-order valence-corrected chi connectivity index (χ2v) is 5.16. The van der Waals surface area contributed by atoms with E-state index >= 15 is 0 Å². The third-order valence-corrected chi connectivity index (χ3v) is 3.84. The van der Waals surface area contributed by atoms with Gasteiger partial charge in [0.2, 0.25) is 0 Å². The second-order valence-electron chi connectivity index (χ2n) is 4.31. The Bertz CT molecular complexity index is 358. The number of hydrogen-bond donors (Lipinski definition) is 1. The van der Waals surface area contributed by atoms with E-state index in [1.807, 2.05) is 0 Å². The highest BCUT2D eigenvalue weighted by Crippen LogP contribution is 2.30. The fraction of sp³-hybridized carbons (Fsp3) is 0.636. The highest BCUT2D eigenvalue weighted by molar-refractivity contribution is 9.10. The first-order chi connectivity index (χ1) is 7.74. The smallest absolute Gasteiger partial charge is 0.146 e. The lowest BCUT2D eigenvalue weighted by Crippen LogP contribution is -2.49. The van der Waals surface area contributed by atoms with Crippen LogP contribution in [0.4, 0.5) is 5.82 Å². The second kappa shape index (κ2) is 5.10. The summed E-state index contributed by atoms with van der Waals surface area (Å²) in [5, 5.41) is 0. The minimum absolute atomic E-state index is 0.389. The number of piperidine rings is 1. The first kappa shape index (κ1) is 11.8. The molecule has 1 aliphatic heterocycles. The van der Waals surface area contributed by atoms with Crippen LogP contribution in [0.15, 0.2) is 17.0 Å². The van der Waals surface area contributed by atoms with Crippen molar-refractivity contribution >= 4 is 21.7 Å². The van der Waals surface area contributed by atoms with Crippen LogP contribution in [-0.2, 0) is 0 Å². The summed E-state index contributed by atoms with van der Waals surface area (Å²) in [5.41, 5.74) is 5.87. The topological polar surface area (TPSA) is 55.0 Å². The van der Waals surface area contributed by atoms with Crippen LogP contribution in [-0.4, -0.2) is 29.1 Å². The third kappa shape index (κ3) is 2.20. The molecule has 1 aromatic heterocycles. The summed E-state index contributed by atoms with van der Waals surface area (Å²) in [7, 11) is 0. The summed E-state index contributed by atoms with van der Waals surface area (Å²) in [4.78, 5) is 10.6. The maximum atomic E-state index is 5.87. The van der Waals surface area contributed by atoms with Crippen molar-refractivity contribution in [3.05, 3.63) is 17.0 Å². The highest BCUT2D eigenvalue weighted by atomic mass is 79.9. The van der Waals surface area contributed by atoms with E-state index in [9.17, 15) is 0 Å². The first-order valence-corrected chi connectivity index (χ1v) is 6.45. The predicted molar refractivity (Wildman–Crippen MR) is 68.3 cm³/mol. The minimum atomic E-state index is 0.389. The molecule has 4 nitrogen and oxygen atoms in total. The Hall–Kier alpha value is -0.680. The fourth-order valence-electron chi connectivity index (χ4n) is 2.39. The number of nitrogens with two attached hydrogens (primary N) is 1. The molecule has 0 radical (unpaired) electrons. The van der Waals surface area contributed by atoms with E-state index in [1.54, 1.807) is 12.5 Å². The van der Waals surface area contributed by atoms with E-state index in [0.717, 1.165) is 16.8 Å². The lowest BCUT2D eigenvalue weighted by atomic mass is 9.91. The number of anilines is 1. The molecular weight excluding hydrogens is 268 g/mol. The fourth-order valence-corrected chi connectivity index (χ4v) is 2.84. The lowest BCUT2D eigenvalue weighted by Gasteiger charge is -2.40. The van der Waals surface area contributed by atoms with E-state index in [0.29, 0.717) is 18.5 Å². The molecule has 1 aromatic rings. The molecule has 2 N–H and O–H groups in total. The quantitative estimate of drug-likeness (QED) is 0.900. The highest BCUT2D eigenvalue weighted by Gasteiger charge is 2.29. The maximum absolute atomic E-state index is 5.87. The Kier molecular flexibility index (Phi) is 3.76. The van der Waals surface area contributed by atoms with Crippen molar-refractivity contribution in [1.82, 2.24) is 9.97 Å². The van der Waals surface area contributed by atoms with E-state index in [1.165, 1.54) is 12.8 Å². The molecular formula is C11H17BrN4. The molecule has 88 valence electrons. The van der Waals surface area contributed by atoms with Gasteiger partial charge in [-0.3, -0.25) is 0 Å². The van der Waals surface area contributed by atoms with Crippen LogP contribution in [0.5, 0.6) is 0 Å². The molecule has 2 atom stereocenters. The molecule has 2 unspecified atom stereocenters. The Balaban J connectivity index is 2.28. The van der Waals surface area contributed by atoms with Crippen LogP contribution in [0.3, 0.4) is 0 Å². The lowest BCUT2D eigenvalue weighted by molar-refractivity contribution is 0.347. The molecule has 0 aliphatic carbocycles. The van der Waals surface area contributed by atoms with Crippen molar-refractivity contribution in [2.45, 2.75) is 25.8 Å². The molecule has 2 heterocycles. The van der Waals surface area contributed by atoms with Crippen molar-refractivity contribution in [1.29, 1.82) is 0 Å². The van der Waals surface area contributed by atoms with Gasteiger partial charge in [0, 0.05) is 25.3 Å². The van der Waals surface area contributed by atoms with Crippen molar-refractivity contribution < 1.29 is 0 Å². The molecule has 1 aliphatic rings. The molecule has 5 heteroatoms. The molecule has 1 saturated heterocycles. The van der Waals surface area contributed by atoms with Crippen molar-refractivity contribution in [3.8, 4) is 0 Å². The number of nitrogens with zero attached hydrogens (tertiary/aromatic N) is 3. The monoisotopic (exact) mass is 284 g/mol. The summed E-state index contributed by atoms with van der Waals surface area (Å²) in [6.45, 7) is 3.97. The maximum Gasteiger partial charge on any atom is 0.146 e. The molecule has 0 saturated carbocycles. The zero-order chi connectivity index (χ0) is 11.5. The summed E-state index contributed by atoms with van der Waals surface area (Å²) in [5.74, 6) is 1.60. The summed E-state index contributed by atoms with van der Waals surface area (Å²) < 4.78 is 0.947. The summed E-state index contributed by atoms with van der Waals surface area (Å²) in [6, 6.07) is 0.389. The molecule has 1 fully saturated rings. The van der Waals surface area contributed by atoms with Gasteiger partial charge in [0.25, 0.3) is 0 Å². The summed E-state index contributed by atoms with van der Waals surface area (Å²) >= 11 is 3.50. The van der Waals surface area contributed by atoms with Gasteiger partial charge in [-0.1, -0.05) is 6.92 Å². The number of hydrogen-bond acceptors (Lipinski definition) is 4. The van der Waals surface area contributed by atoms with Gasteiger partial charge in [-0.2, -0.15) is 0 Å². The van der Waals surface area contributed by atoms with Crippen molar-refractivity contribution in [2.75, 3.05) is 18.0 Å². The largest absolute Gasteiger partial charge is 0.351 e. The van der Waals surface area contributed by atoms with Gasteiger partial charge in [-0.15, -0.1) is 0 Å². The van der Waals surface area contributed by atoms with Crippen LogP contribution >= 0.6 is 15.9 Å². The summed E-state index contributed by atoms with van der Waals surface area (Å²) in [6.07, 6.45) is 5.83. The zero-order valence-electron chi connectivity index (χ0n) is 9.43. The molecule has 16 heavy (non-hydrogen) atoms. The van der Waals surface area contributed by atoms with Crippen LogP contribution < -0.4 is 10.6 Å². The van der Waals surface area contributed by atoms with E-state index in [2.05, 4.69) is 37.7 Å². The van der Waals surface area contributed by atoms with Gasteiger partial charge in [0.05, 0.1) is 4.47 Å². The molecule has 0 bridgehead atoms. The molecule has 2 rings (SSSR count). The predicted octanol–water partition coefficient (Wildman–Crippen LogP) is 1.80. The Morgan fingerprint density at radius 2 is 2.44 bits per heavy atom. The van der Waals surface area contributed by atoms with Gasteiger partial charge >= 0.3 is 0 Å². The Morgan fingerprint density at radius 1 is 1.62 bits per heavy atom.